The molecule has 0 saturated carbocycles. The molecule has 18 heavy (non-hydrogen) atoms. The highest BCUT2D eigenvalue weighted by Crippen LogP contribution is 2.36. The summed E-state index contributed by atoms with van der Waals surface area (Å²) in [4.78, 5) is 21.0. The lowest BCUT2D eigenvalue weighted by Crippen LogP contribution is -2.37. The number of esters is 1. The van der Waals surface area contributed by atoms with E-state index < -0.39 is 0 Å². The van der Waals surface area contributed by atoms with Crippen LogP contribution in [0.3, 0.4) is 0 Å². The van der Waals surface area contributed by atoms with Gasteiger partial charge in [-0.2, -0.15) is 0 Å². The quantitative estimate of drug-likeness (QED) is 0.698. The topological polar surface area (TPSA) is 51.0 Å². The molecule has 0 fully saturated rings. The molecule has 4 heteroatoms. The van der Waals surface area contributed by atoms with Gasteiger partial charge in [-0.05, 0) is 25.8 Å². The molecule has 0 saturated heterocycles. The zero-order valence-electron chi connectivity index (χ0n) is 10.6. The molecule has 2 heterocycles. The first-order chi connectivity index (χ1) is 8.79. The molecule has 0 aromatic rings. The van der Waals surface area contributed by atoms with Crippen molar-refractivity contribution >= 4 is 17.4 Å². The third-order valence-corrected chi connectivity index (χ3v) is 3.99. The maximum atomic E-state index is 11.7. The molecular formula is C14H18N2O2. The van der Waals surface area contributed by atoms with Gasteiger partial charge in [-0.3, -0.25) is 9.98 Å². The summed E-state index contributed by atoms with van der Waals surface area (Å²) in [6, 6.07) is 0.252. The van der Waals surface area contributed by atoms with E-state index in [1.54, 1.807) is 0 Å². The summed E-state index contributed by atoms with van der Waals surface area (Å²) in [5.41, 5.74) is 1.80. The van der Waals surface area contributed by atoms with E-state index in [4.69, 9.17) is 4.74 Å². The summed E-state index contributed by atoms with van der Waals surface area (Å²) in [6.45, 7) is 3.04. The molecule has 0 aromatic carbocycles. The lowest BCUT2D eigenvalue weighted by Gasteiger charge is -2.32. The lowest BCUT2D eigenvalue weighted by atomic mass is 9.78. The van der Waals surface area contributed by atoms with E-state index >= 15 is 0 Å². The normalized spacial score (nSPS) is 33.3. The molecule has 0 bridgehead atoms. The molecule has 2 aliphatic heterocycles. The van der Waals surface area contributed by atoms with E-state index in [0.29, 0.717) is 24.2 Å². The van der Waals surface area contributed by atoms with E-state index in [2.05, 4.69) is 22.1 Å². The molecule has 3 aliphatic rings. The molecule has 3 atom stereocenters. The number of nitrogens with zero attached hydrogens (tertiary/aromatic N) is 2. The highest BCUT2D eigenvalue weighted by Gasteiger charge is 2.41. The molecule has 0 radical (unpaired) electrons. The Bertz CT molecular complexity index is 451. The fourth-order valence-electron chi connectivity index (χ4n) is 3.14. The second-order valence-electron chi connectivity index (χ2n) is 5.10. The maximum Gasteiger partial charge on any atom is 0.352 e. The molecule has 1 aliphatic carbocycles. The van der Waals surface area contributed by atoms with E-state index in [-0.39, 0.29) is 12.0 Å². The minimum atomic E-state index is -0.236. The van der Waals surface area contributed by atoms with E-state index in [9.17, 15) is 4.79 Å². The summed E-state index contributed by atoms with van der Waals surface area (Å²) >= 11 is 0. The number of fused-ring (bicyclic) bond motifs is 3. The van der Waals surface area contributed by atoms with Gasteiger partial charge in [-0.15, -0.1) is 0 Å². The molecule has 96 valence electrons. The highest BCUT2D eigenvalue weighted by atomic mass is 16.5. The molecular weight excluding hydrogens is 228 g/mol. The number of carbonyl (C=O) groups is 1. The van der Waals surface area contributed by atoms with Crippen molar-refractivity contribution in [3.63, 3.8) is 0 Å². The Morgan fingerprint density at radius 1 is 1.56 bits per heavy atom. The van der Waals surface area contributed by atoms with E-state index in [1.807, 2.05) is 6.92 Å². The summed E-state index contributed by atoms with van der Waals surface area (Å²) in [6.07, 6.45) is 7.25. The van der Waals surface area contributed by atoms with Crippen LogP contribution >= 0.6 is 0 Å². The van der Waals surface area contributed by atoms with Crippen LogP contribution < -0.4 is 0 Å². The van der Waals surface area contributed by atoms with Gasteiger partial charge in [0.1, 0.15) is 5.71 Å². The first kappa shape index (κ1) is 11.6. The number of hydrogen-bond acceptors (Lipinski definition) is 4. The molecule has 0 aromatic heterocycles. The van der Waals surface area contributed by atoms with Gasteiger partial charge in [-0.25, -0.2) is 4.79 Å². The fourth-order valence-corrected chi connectivity index (χ4v) is 3.14. The molecule has 3 rings (SSSR count). The van der Waals surface area contributed by atoms with Crippen molar-refractivity contribution in [2.24, 2.45) is 21.8 Å². The molecule has 0 spiro atoms. The Labute approximate surface area is 107 Å². The van der Waals surface area contributed by atoms with Crippen LogP contribution in [0.1, 0.15) is 26.2 Å². The van der Waals surface area contributed by atoms with Gasteiger partial charge in [0.2, 0.25) is 0 Å². The van der Waals surface area contributed by atoms with E-state index in [1.165, 1.54) is 5.71 Å². The van der Waals surface area contributed by atoms with Crippen LogP contribution in [0.25, 0.3) is 0 Å². The number of ether oxygens (including phenoxy) is 1. The van der Waals surface area contributed by atoms with Gasteiger partial charge in [0.25, 0.3) is 0 Å². The van der Waals surface area contributed by atoms with Crippen LogP contribution in [-0.2, 0) is 9.53 Å². The predicted octanol–water partition coefficient (Wildman–Crippen LogP) is 1.80. The first-order valence-corrected chi connectivity index (χ1v) is 6.74. The second kappa shape index (κ2) is 4.67. The SMILES string of the molecule is CCOC(=O)C1=NC2C(CN=C3C=CCCC32)C1. The predicted molar refractivity (Wildman–Crippen MR) is 70.1 cm³/mol. The number of hydrogen-bond donors (Lipinski definition) is 0. The number of aliphatic imine (C=N–C) groups is 2. The second-order valence-corrected chi connectivity index (χ2v) is 5.10. The highest BCUT2D eigenvalue weighted by molar-refractivity contribution is 6.37. The monoisotopic (exact) mass is 246 g/mol. The third kappa shape index (κ3) is 1.89. The Morgan fingerprint density at radius 3 is 3.28 bits per heavy atom. The van der Waals surface area contributed by atoms with Crippen LogP contribution in [0.5, 0.6) is 0 Å². The van der Waals surface area contributed by atoms with Gasteiger partial charge in [0.15, 0.2) is 0 Å². The Balaban J connectivity index is 1.80. The third-order valence-electron chi connectivity index (χ3n) is 3.99. The standard InChI is InChI=1S/C14H18N2O2/c1-2-18-14(17)12-7-9-8-15-11-6-4-3-5-10(11)13(9)16-12/h4,6,9-10,13H,2-3,5,7-8H2,1H3. The van der Waals surface area contributed by atoms with Crippen LogP contribution in [0, 0.1) is 11.8 Å². The van der Waals surface area contributed by atoms with Gasteiger partial charge in [-0.1, -0.05) is 6.08 Å². The van der Waals surface area contributed by atoms with Gasteiger partial charge in [0, 0.05) is 30.5 Å². The molecule has 0 amide bonds. The summed E-state index contributed by atoms with van der Waals surface area (Å²) < 4.78 is 5.05. The van der Waals surface area contributed by atoms with Crippen LogP contribution in [0.15, 0.2) is 22.1 Å². The minimum absolute atomic E-state index is 0.236. The van der Waals surface area contributed by atoms with Gasteiger partial charge in [0.05, 0.1) is 12.6 Å². The lowest BCUT2D eigenvalue weighted by molar-refractivity contribution is -0.135. The number of allylic oxidation sites excluding steroid dienone is 2. The first-order valence-electron chi connectivity index (χ1n) is 6.74. The van der Waals surface area contributed by atoms with Gasteiger partial charge < -0.3 is 4.74 Å². The summed E-state index contributed by atoms with van der Waals surface area (Å²) in [5, 5.41) is 0. The molecule has 0 N–H and O–H groups in total. The summed E-state index contributed by atoms with van der Waals surface area (Å²) in [7, 11) is 0. The van der Waals surface area contributed by atoms with Gasteiger partial charge >= 0.3 is 5.97 Å². The van der Waals surface area contributed by atoms with Crippen molar-refractivity contribution in [3.05, 3.63) is 12.2 Å². The van der Waals surface area contributed by atoms with Crippen molar-refractivity contribution in [2.45, 2.75) is 32.2 Å². The summed E-state index contributed by atoms with van der Waals surface area (Å²) in [5.74, 6) is 0.588. The van der Waals surface area contributed by atoms with Crippen molar-refractivity contribution in [3.8, 4) is 0 Å². The van der Waals surface area contributed by atoms with Crippen molar-refractivity contribution in [2.75, 3.05) is 13.2 Å². The fraction of sp³-hybridized carbons (Fsp3) is 0.643. The van der Waals surface area contributed by atoms with Crippen molar-refractivity contribution in [1.82, 2.24) is 0 Å². The Hall–Kier alpha value is -1.45. The Morgan fingerprint density at radius 2 is 2.44 bits per heavy atom. The average Bonchev–Trinajstić information content (AvgIpc) is 2.83. The number of rotatable bonds is 2. The minimum Gasteiger partial charge on any atom is -0.462 e. The zero-order valence-corrected chi connectivity index (χ0v) is 10.6. The number of carbonyl (C=O) groups excluding carboxylic acids is 1. The van der Waals surface area contributed by atoms with Crippen LogP contribution in [0.4, 0.5) is 0 Å². The van der Waals surface area contributed by atoms with Crippen molar-refractivity contribution in [1.29, 1.82) is 0 Å². The van der Waals surface area contributed by atoms with Crippen molar-refractivity contribution < 1.29 is 9.53 Å². The molecule has 3 unspecified atom stereocenters. The largest absolute Gasteiger partial charge is 0.462 e. The Kier molecular flexibility index (Phi) is 3.02. The van der Waals surface area contributed by atoms with E-state index in [0.717, 1.165) is 25.8 Å². The zero-order chi connectivity index (χ0) is 12.5. The maximum absolute atomic E-state index is 11.7. The molecule has 4 nitrogen and oxygen atoms in total. The van der Waals surface area contributed by atoms with Crippen LogP contribution in [0.2, 0.25) is 0 Å². The smallest absolute Gasteiger partial charge is 0.352 e. The average molecular weight is 246 g/mol. The van der Waals surface area contributed by atoms with Crippen LogP contribution in [-0.4, -0.2) is 36.6 Å².